The van der Waals surface area contributed by atoms with E-state index in [1.807, 2.05) is 4.90 Å². The van der Waals surface area contributed by atoms with Crippen LogP contribution in [0.3, 0.4) is 0 Å². The predicted molar refractivity (Wildman–Crippen MR) is 69.8 cm³/mol. The first kappa shape index (κ1) is 12.3. The molecule has 1 atom stereocenters. The fourth-order valence-corrected chi connectivity index (χ4v) is 2.29. The average molecular weight is 262 g/mol. The fraction of sp³-hybridized carbons (Fsp3) is 0.615. The Hall–Kier alpha value is -1.69. The lowest BCUT2D eigenvalue weighted by Crippen LogP contribution is -2.53. The van der Waals surface area contributed by atoms with Crippen LogP contribution in [-0.4, -0.2) is 47.7 Å². The molecule has 6 heteroatoms. The zero-order valence-electron chi connectivity index (χ0n) is 10.8. The van der Waals surface area contributed by atoms with Gasteiger partial charge in [-0.1, -0.05) is 0 Å². The number of nitrogens with one attached hydrogen (secondary N) is 1. The largest absolute Gasteiger partial charge is 0.365 e. The van der Waals surface area contributed by atoms with E-state index in [0.717, 1.165) is 19.4 Å². The van der Waals surface area contributed by atoms with Crippen molar-refractivity contribution in [1.82, 2.24) is 15.3 Å². The molecule has 1 aliphatic carbocycles. The van der Waals surface area contributed by atoms with E-state index in [-0.39, 0.29) is 5.91 Å². The van der Waals surface area contributed by atoms with Crippen LogP contribution >= 0.6 is 0 Å². The first-order valence-electron chi connectivity index (χ1n) is 6.77. The Morgan fingerprint density at radius 1 is 1.37 bits per heavy atom. The lowest BCUT2D eigenvalue weighted by Gasteiger charge is -2.34. The highest BCUT2D eigenvalue weighted by Crippen LogP contribution is 2.19. The summed E-state index contributed by atoms with van der Waals surface area (Å²) >= 11 is 0. The number of rotatable bonds is 3. The maximum absolute atomic E-state index is 12.1. The highest BCUT2D eigenvalue weighted by atomic mass is 16.5. The number of anilines is 1. The highest BCUT2D eigenvalue weighted by molar-refractivity contribution is 5.82. The molecule has 1 N–H and O–H groups in total. The molecule has 1 aromatic heterocycles. The van der Waals surface area contributed by atoms with Gasteiger partial charge in [0.25, 0.3) is 5.91 Å². The van der Waals surface area contributed by atoms with Crippen LogP contribution < -0.4 is 10.2 Å². The Morgan fingerprint density at radius 2 is 2.16 bits per heavy atom. The third-order valence-corrected chi connectivity index (χ3v) is 3.65. The number of hydrogen-bond donors (Lipinski definition) is 1. The predicted octanol–water partition coefficient (Wildman–Crippen LogP) is 0.350. The van der Waals surface area contributed by atoms with Gasteiger partial charge in [-0.05, 0) is 25.3 Å². The Labute approximate surface area is 112 Å². The second kappa shape index (κ2) is 5.52. The molecule has 19 heavy (non-hydrogen) atoms. The van der Waals surface area contributed by atoms with Crippen LogP contribution in [-0.2, 0) is 9.53 Å². The van der Waals surface area contributed by atoms with E-state index < -0.39 is 6.10 Å². The summed E-state index contributed by atoms with van der Waals surface area (Å²) in [5.41, 5.74) is 0. The molecule has 0 spiro atoms. The van der Waals surface area contributed by atoms with E-state index >= 15 is 0 Å². The van der Waals surface area contributed by atoms with Crippen molar-refractivity contribution in [2.24, 2.45) is 0 Å². The molecule has 2 heterocycles. The van der Waals surface area contributed by atoms with E-state index in [1.165, 1.54) is 6.42 Å². The maximum atomic E-state index is 12.1. The number of ether oxygens (including phenoxy) is 1. The van der Waals surface area contributed by atoms with Crippen molar-refractivity contribution in [3.05, 3.63) is 18.5 Å². The van der Waals surface area contributed by atoms with Gasteiger partial charge >= 0.3 is 0 Å². The normalized spacial score (nSPS) is 23.8. The highest BCUT2D eigenvalue weighted by Gasteiger charge is 2.30. The number of carbonyl (C=O) groups excluding carboxylic acids is 1. The van der Waals surface area contributed by atoms with Crippen LogP contribution in [0, 0.1) is 0 Å². The topological polar surface area (TPSA) is 67.4 Å². The Balaban J connectivity index is 1.59. The van der Waals surface area contributed by atoms with E-state index in [2.05, 4.69) is 15.3 Å². The molecule has 1 saturated carbocycles. The van der Waals surface area contributed by atoms with Crippen LogP contribution in [0.2, 0.25) is 0 Å². The Bertz CT molecular complexity index is 436. The molecular formula is C13H18N4O2. The average Bonchev–Trinajstić information content (AvgIpc) is 2.44. The van der Waals surface area contributed by atoms with Crippen molar-refractivity contribution in [3.63, 3.8) is 0 Å². The monoisotopic (exact) mass is 262 g/mol. The number of aromatic nitrogens is 2. The number of amides is 1. The number of hydrogen-bond acceptors (Lipinski definition) is 5. The van der Waals surface area contributed by atoms with E-state index in [0.29, 0.717) is 25.1 Å². The van der Waals surface area contributed by atoms with Crippen LogP contribution in [0.25, 0.3) is 0 Å². The third kappa shape index (κ3) is 2.84. The van der Waals surface area contributed by atoms with E-state index in [4.69, 9.17) is 4.74 Å². The number of nitrogens with zero attached hydrogens (tertiary/aromatic N) is 3. The summed E-state index contributed by atoms with van der Waals surface area (Å²) in [7, 11) is 0. The van der Waals surface area contributed by atoms with Crippen molar-refractivity contribution < 1.29 is 9.53 Å². The molecule has 0 aromatic carbocycles. The summed E-state index contributed by atoms with van der Waals surface area (Å²) < 4.78 is 5.55. The minimum absolute atomic E-state index is 0.00895. The van der Waals surface area contributed by atoms with Gasteiger partial charge in [0.2, 0.25) is 5.95 Å². The number of carbonyl (C=O) groups is 1. The lowest BCUT2D eigenvalue weighted by atomic mass is 9.93. The Morgan fingerprint density at radius 3 is 2.84 bits per heavy atom. The molecule has 1 aromatic rings. The quantitative estimate of drug-likeness (QED) is 0.851. The van der Waals surface area contributed by atoms with Crippen molar-refractivity contribution in [3.8, 4) is 0 Å². The zero-order valence-corrected chi connectivity index (χ0v) is 10.8. The summed E-state index contributed by atoms with van der Waals surface area (Å²) in [4.78, 5) is 22.5. The van der Waals surface area contributed by atoms with Crippen LogP contribution in [0.15, 0.2) is 18.5 Å². The van der Waals surface area contributed by atoms with E-state index in [9.17, 15) is 4.79 Å². The molecule has 1 amide bonds. The zero-order chi connectivity index (χ0) is 13.1. The summed E-state index contributed by atoms with van der Waals surface area (Å²) in [5.74, 6) is 0.651. The van der Waals surface area contributed by atoms with E-state index in [1.54, 1.807) is 18.5 Å². The first-order valence-corrected chi connectivity index (χ1v) is 6.77. The van der Waals surface area contributed by atoms with Gasteiger partial charge in [-0.2, -0.15) is 0 Å². The van der Waals surface area contributed by atoms with Gasteiger partial charge in [-0.3, -0.25) is 4.79 Å². The second-order valence-corrected chi connectivity index (χ2v) is 4.99. The molecule has 0 bridgehead atoms. The summed E-state index contributed by atoms with van der Waals surface area (Å²) in [6.07, 6.45) is 6.38. The van der Waals surface area contributed by atoms with Crippen molar-refractivity contribution in [1.29, 1.82) is 0 Å². The minimum Gasteiger partial charge on any atom is -0.365 e. The van der Waals surface area contributed by atoms with Gasteiger partial charge in [0.15, 0.2) is 6.10 Å². The number of morpholine rings is 1. The molecule has 2 fully saturated rings. The molecule has 0 radical (unpaired) electrons. The Kier molecular flexibility index (Phi) is 3.59. The summed E-state index contributed by atoms with van der Waals surface area (Å²) in [6.45, 7) is 1.76. The molecule has 1 aliphatic heterocycles. The minimum atomic E-state index is -0.418. The molecular weight excluding hydrogens is 244 g/mol. The molecule has 102 valence electrons. The molecule has 2 aliphatic rings. The van der Waals surface area contributed by atoms with Gasteiger partial charge in [0.1, 0.15) is 0 Å². The molecule has 6 nitrogen and oxygen atoms in total. The smallest absolute Gasteiger partial charge is 0.251 e. The van der Waals surface area contributed by atoms with Crippen LogP contribution in [0.5, 0.6) is 0 Å². The molecule has 1 unspecified atom stereocenters. The van der Waals surface area contributed by atoms with Gasteiger partial charge < -0.3 is 15.0 Å². The summed E-state index contributed by atoms with van der Waals surface area (Å²) in [6, 6.07) is 2.13. The fourth-order valence-electron chi connectivity index (χ4n) is 2.29. The van der Waals surface area contributed by atoms with Gasteiger partial charge in [-0.25, -0.2) is 9.97 Å². The molecule has 3 rings (SSSR count). The standard InChI is InChI=1S/C13H18N4O2/c18-12(16-10-3-1-4-10)11-9-17(7-8-19-11)13-14-5-2-6-15-13/h2,5-6,10-11H,1,3-4,7-9H2,(H,16,18). The third-order valence-electron chi connectivity index (χ3n) is 3.65. The van der Waals surface area contributed by atoms with Crippen molar-refractivity contribution in [2.75, 3.05) is 24.6 Å². The van der Waals surface area contributed by atoms with Crippen molar-refractivity contribution >= 4 is 11.9 Å². The first-order chi connectivity index (χ1) is 9.33. The SMILES string of the molecule is O=C(NC1CCC1)C1CN(c2ncccn2)CCO1. The van der Waals surface area contributed by atoms with Gasteiger partial charge in [0, 0.05) is 25.0 Å². The van der Waals surface area contributed by atoms with Gasteiger partial charge in [-0.15, -0.1) is 0 Å². The second-order valence-electron chi connectivity index (χ2n) is 4.99. The van der Waals surface area contributed by atoms with Crippen LogP contribution in [0.4, 0.5) is 5.95 Å². The lowest BCUT2D eigenvalue weighted by molar-refractivity contribution is -0.134. The van der Waals surface area contributed by atoms with Crippen LogP contribution in [0.1, 0.15) is 19.3 Å². The maximum Gasteiger partial charge on any atom is 0.251 e. The van der Waals surface area contributed by atoms with Crippen molar-refractivity contribution in [2.45, 2.75) is 31.4 Å². The molecule has 1 saturated heterocycles. The summed E-state index contributed by atoms with van der Waals surface area (Å²) in [5, 5.41) is 3.03. The van der Waals surface area contributed by atoms with Gasteiger partial charge in [0.05, 0.1) is 13.2 Å².